The average Bonchev–Trinajstić information content (AvgIpc) is 2.72. The summed E-state index contributed by atoms with van der Waals surface area (Å²) >= 11 is 5.84. The molecule has 0 atom stereocenters. The van der Waals surface area contributed by atoms with Crippen LogP contribution < -0.4 is 4.74 Å². The number of nitrogens with zero attached hydrogens (tertiary/aromatic N) is 3. The van der Waals surface area contributed by atoms with Crippen LogP contribution >= 0.6 is 11.6 Å². The molecule has 1 heterocycles. The fraction of sp³-hybridized carbons (Fsp3) is 0.273. The highest BCUT2D eigenvalue weighted by atomic mass is 35.5. The predicted octanol–water partition coefficient (Wildman–Crippen LogP) is 2.18. The molecule has 16 heavy (non-hydrogen) atoms. The summed E-state index contributed by atoms with van der Waals surface area (Å²) in [4.78, 5) is 0. The molecule has 1 aromatic heterocycles. The van der Waals surface area contributed by atoms with Crippen molar-refractivity contribution in [3.05, 3.63) is 41.4 Å². The predicted molar refractivity (Wildman–Crippen MR) is 61.7 cm³/mol. The van der Waals surface area contributed by atoms with Crippen LogP contribution in [0.4, 0.5) is 0 Å². The molecule has 2 rings (SSSR count). The second-order valence-corrected chi connectivity index (χ2v) is 3.69. The Kier molecular flexibility index (Phi) is 3.41. The molecule has 0 saturated carbocycles. The Hall–Kier alpha value is -1.55. The summed E-state index contributed by atoms with van der Waals surface area (Å²) in [5.74, 6) is 0.895. The van der Waals surface area contributed by atoms with Gasteiger partial charge in [0.05, 0.1) is 7.11 Å². The Labute approximate surface area is 98.8 Å². The second kappa shape index (κ2) is 4.99. The highest BCUT2D eigenvalue weighted by Gasteiger charge is 2.04. The van der Waals surface area contributed by atoms with Crippen molar-refractivity contribution in [2.24, 2.45) is 0 Å². The lowest BCUT2D eigenvalue weighted by atomic mass is 10.1. The van der Waals surface area contributed by atoms with Crippen LogP contribution in [0, 0.1) is 0 Å². The SMILES string of the molecule is COc1ccccc1CCn1cnnc1Cl. The van der Waals surface area contributed by atoms with E-state index in [2.05, 4.69) is 10.2 Å². The molecule has 0 amide bonds. The van der Waals surface area contributed by atoms with Gasteiger partial charge in [-0.15, -0.1) is 10.2 Å². The highest BCUT2D eigenvalue weighted by Crippen LogP contribution is 2.18. The normalized spacial score (nSPS) is 10.4. The van der Waals surface area contributed by atoms with Crippen LogP contribution in [0.1, 0.15) is 5.56 Å². The third kappa shape index (κ3) is 2.33. The lowest BCUT2D eigenvalue weighted by Gasteiger charge is -2.08. The molecule has 0 aliphatic carbocycles. The number of aromatic nitrogens is 3. The number of halogens is 1. The molecule has 0 saturated heterocycles. The maximum Gasteiger partial charge on any atom is 0.224 e. The highest BCUT2D eigenvalue weighted by molar-refractivity contribution is 6.28. The number of methoxy groups -OCH3 is 1. The van der Waals surface area contributed by atoms with Crippen molar-refractivity contribution in [3.63, 3.8) is 0 Å². The molecule has 0 radical (unpaired) electrons. The first-order chi connectivity index (χ1) is 7.81. The Balaban J connectivity index is 2.07. The minimum Gasteiger partial charge on any atom is -0.496 e. The molecule has 2 aromatic rings. The monoisotopic (exact) mass is 237 g/mol. The second-order valence-electron chi connectivity index (χ2n) is 3.36. The summed E-state index contributed by atoms with van der Waals surface area (Å²) in [5.41, 5.74) is 1.15. The number of aryl methyl sites for hydroxylation is 2. The van der Waals surface area contributed by atoms with Gasteiger partial charge in [0.15, 0.2) is 0 Å². The number of para-hydroxylation sites is 1. The van der Waals surface area contributed by atoms with E-state index in [1.165, 1.54) is 0 Å². The zero-order valence-electron chi connectivity index (χ0n) is 8.93. The van der Waals surface area contributed by atoms with Crippen molar-refractivity contribution in [2.75, 3.05) is 7.11 Å². The summed E-state index contributed by atoms with van der Waals surface area (Å²) in [7, 11) is 1.67. The van der Waals surface area contributed by atoms with Gasteiger partial charge in [-0.1, -0.05) is 18.2 Å². The molecule has 0 spiro atoms. The average molecular weight is 238 g/mol. The first kappa shape index (κ1) is 11.0. The van der Waals surface area contributed by atoms with Gasteiger partial charge in [-0.05, 0) is 29.7 Å². The van der Waals surface area contributed by atoms with Gasteiger partial charge in [-0.25, -0.2) is 0 Å². The molecule has 84 valence electrons. The van der Waals surface area contributed by atoms with Crippen molar-refractivity contribution in [1.82, 2.24) is 14.8 Å². The van der Waals surface area contributed by atoms with E-state index < -0.39 is 0 Å². The van der Waals surface area contributed by atoms with Gasteiger partial charge in [0.25, 0.3) is 0 Å². The first-order valence-corrected chi connectivity index (χ1v) is 5.34. The quantitative estimate of drug-likeness (QED) is 0.818. The van der Waals surface area contributed by atoms with E-state index in [4.69, 9.17) is 16.3 Å². The molecule has 4 nitrogen and oxygen atoms in total. The van der Waals surface area contributed by atoms with Gasteiger partial charge in [-0.2, -0.15) is 0 Å². The summed E-state index contributed by atoms with van der Waals surface area (Å²) in [5, 5.41) is 7.86. The van der Waals surface area contributed by atoms with E-state index in [-0.39, 0.29) is 0 Å². The molecule has 5 heteroatoms. The molecular formula is C11H12ClN3O. The molecular weight excluding hydrogens is 226 g/mol. The fourth-order valence-electron chi connectivity index (χ4n) is 1.54. The molecule has 0 fully saturated rings. The Bertz CT molecular complexity index is 470. The third-order valence-electron chi connectivity index (χ3n) is 2.38. The Morgan fingerprint density at radius 1 is 1.38 bits per heavy atom. The maximum atomic E-state index is 5.84. The van der Waals surface area contributed by atoms with Crippen LogP contribution in [-0.2, 0) is 13.0 Å². The maximum absolute atomic E-state index is 5.84. The zero-order chi connectivity index (χ0) is 11.4. The van der Waals surface area contributed by atoms with Crippen LogP contribution in [0.3, 0.4) is 0 Å². The lowest BCUT2D eigenvalue weighted by molar-refractivity contribution is 0.408. The molecule has 0 N–H and O–H groups in total. The zero-order valence-corrected chi connectivity index (χ0v) is 9.68. The summed E-state index contributed by atoms with van der Waals surface area (Å²) in [6, 6.07) is 7.93. The van der Waals surface area contributed by atoms with Crippen LogP contribution in [0.15, 0.2) is 30.6 Å². The number of ether oxygens (including phenoxy) is 1. The van der Waals surface area contributed by atoms with E-state index in [1.54, 1.807) is 18.0 Å². The van der Waals surface area contributed by atoms with Crippen LogP contribution in [-0.4, -0.2) is 21.9 Å². The van der Waals surface area contributed by atoms with E-state index in [0.29, 0.717) is 5.28 Å². The first-order valence-electron chi connectivity index (χ1n) is 4.96. The number of rotatable bonds is 4. The standard InChI is InChI=1S/C11H12ClN3O/c1-16-10-5-3-2-4-9(10)6-7-15-8-13-14-11(15)12/h2-5,8H,6-7H2,1H3. The molecule has 0 bridgehead atoms. The fourth-order valence-corrected chi connectivity index (χ4v) is 1.71. The van der Waals surface area contributed by atoms with E-state index >= 15 is 0 Å². The van der Waals surface area contributed by atoms with Gasteiger partial charge in [-0.3, -0.25) is 0 Å². The number of hydrogen-bond acceptors (Lipinski definition) is 3. The van der Waals surface area contributed by atoms with Crippen molar-refractivity contribution in [1.29, 1.82) is 0 Å². The largest absolute Gasteiger partial charge is 0.496 e. The van der Waals surface area contributed by atoms with Crippen molar-refractivity contribution < 1.29 is 4.74 Å². The van der Waals surface area contributed by atoms with E-state index in [9.17, 15) is 0 Å². The molecule has 1 aromatic carbocycles. The Morgan fingerprint density at radius 3 is 2.88 bits per heavy atom. The van der Waals surface area contributed by atoms with Crippen LogP contribution in [0.25, 0.3) is 0 Å². The number of benzene rings is 1. The van der Waals surface area contributed by atoms with E-state index in [1.807, 2.05) is 24.3 Å². The lowest BCUT2D eigenvalue weighted by Crippen LogP contribution is -2.01. The van der Waals surface area contributed by atoms with Gasteiger partial charge in [0, 0.05) is 6.54 Å². The Morgan fingerprint density at radius 2 is 2.19 bits per heavy atom. The smallest absolute Gasteiger partial charge is 0.224 e. The topological polar surface area (TPSA) is 39.9 Å². The summed E-state index contributed by atoms with van der Waals surface area (Å²) in [6.45, 7) is 0.742. The third-order valence-corrected chi connectivity index (χ3v) is 2.68. The molecule has 0 aliphatic rings. The van der Waals surface area contributed by atoms with Crippen molar-refractivity contribution in [3.8, 4) is 5.75 Å². The van der Waals surface area contributed by atoms with Gasteiger partial charge >= 0.3 is 0 Å². The van der Waals surface area contributed by atoms with E-state index in [0.717, 1.165) is 24.3 Å². The van der Waals surface area contributed by atoms with Crippen LogP contribution in [0.5, 0.6) is 5.75 Å². The van der Waals surface area contributed by atoms with Gasteiger partial charge in [0.2, 0.25) is 5.28 Å². The van der Waals surface area contributed by atoms with Gasteiger partial charge in [0.1, 0.15) is 12.1 Å². The minimum absolute atomic E-state index is 0.412. The van der Waals surface area contributed by atoms with Crippen molar-refractivity contribution >= 4 is 11.6 Å². The molecule has 0 unspecified atom stereocenters. The molecule has 0 aliphatic heterocycles. The minimum atomic E-state index is 0.412. The van der Waals surface area contributed by atoms with Gasteiger partial charge < -0.3 is 9.30 Å². The summed E-state index contributed by atoms with van der Waals surface area (Å²) < 4.78 is 7.07. The summed E-state index contributed by atoms with van der Waals surface area (Å²) in [6.07, 6.45) is 2.46. The van der Waals surface area contributed by atoms with Crippen molar-refractivity contribution in [2.45, 2.75) is 13.0 Å². The number of hydrogen-bond donors (Lipinski definition) is 0. The van der Waals surface area contributed by atoms with Crippen LogP contribution in [0.2, 0.25) is 5.28 Å².